The first-order chi connectivity index (χ1) is 11.3. The van der Waals surface area contributed by atoms with E-state index in [4.69, 9.17) is 0 Å². The Hall–Kier alpha value is -0.260. The summed E-state index contributed by atoms with van der Waals surface area (Å²) < 4.78 is 0. The van der Waals surface area contributed by atoms with E-state index in [1.54, 1.807) is 0 Å². The van der Waals surface area contributed by atoms with E-state index >= 15 is 0 Å². The van der Waals surface area contributed by atoms with Gasteiger partial charge in [0.05, 0.1) is 0 Å². The first-order valence-corrected chi connectivity index (χ1v) is 10.9. The molecule has 0 aliphatic heterocycles. The van der Waals surface area contributed by atoms with Gasteiger partial charge in [0.15, 0.2) is 0 Å². The lowest BCUT2D eigenvalue weighted by Gasteiger charge is -2.55. The van der Waals surface area contributed by atoms with Crippen molar-refractivity contribution in [2.24, 2.45) is 64.6 Å². The minimum absolute atomic E-state index is 0.530. The molecule has 0 N–H and O–H groups in total. The quantitative estimate of drug-likeness (QED) is 0.417. The zero-order valence-electron chi connectivity index (χ0n) is 17.5. The van der Waals surface area contributed by atoms with Gasteiger partial charge in [-0.25, -0.2) is 0 Å². The molecule has 0 radical (unpaired) electrons. The van der Waals surface area contributed by atoms with Crippen molar-refractivity contribution in [1.82, 2.24) is 0 Å². The molecule has 0 heteroatoms. The maximum Gasteiger partial charge on any atom is -0.0142 e. The van der Waals surface area contributed by atoms with Gasteiger partial charge in [-0.3, -0.25) is 0 Å². The van der Waals surface area contributed by atoms with E-state index in [-0.39, 0.29) is 0 Å². The largest absolute Gasteiger partial charge is 0.0843 e. The highest BCUT2D eigenvalue weighted by Gasteiger charge is 2.63. The van der Waals surface area contributed by atoms with Crippen molar-refractivity contribution in [2.45, 2.75) is 74.7 Å². The first-order valence-electron chi connectivity index (χ1n) is 10.9. The lowest BCUT2D eigenvalue weighted by molar-refractivity contribution is -0.0576. The van der Waals surface area contributed by atoms with Gasteiger partial charge < -0.3 is 0 Å². The summed E-state index contributed by atoms with van der Waals surface area (Å²) >= 11 is 0. The Morgan fingerprint density at radius 2 is 1.08 bits per heavy atom. The molecule has 0 amide bonds. The maximum absolute atomic E-state index is 2.62. The summed E-state index contributed by atoms with van der Waals surface area (Å²) in [5.74, 6) is 9.49. The van der Waals surface area contributed by atoms with Crippen molar-refractivity contribution in [3.63, 3.8) is 0 Å². The monoisotopic (exact) mass is 330 g/mol. The van der Waals surface area contributed by atoms with Crippen LogP contribution in [-0.2, 0) is 0 Å². The zero-order valence-corrected chi connectivity index (χ0v) is 17.5. The molecule has 0 spiro atoms. The van der Waals surface area contributed by atoms with Crippen LogP contribution in [0.4, 0.5) is 0 Å². The van der Waals surface area contributed by atoms with Crippen LogP contribution in [0.1, 0.15) is 74.7 Å². The van der Waals surface area contributed by atoms with E-state index in [1.807, 2.05) is 0 Å². The third-order valence-electron chi connectivity index (χ3n) is 8.89. The van der Waals surface area contributed by atoms with Crippen molar-refractivity contribution in [2.75, 3.05) is 0 Å². The van der Waals surface area contributed by atoms with E-state index in [0.717, 1.165) is 59.2 Å². The van der Waals surface area contributed by atoms with Crippen LogP contribution in [0.15, 0.2) is 12.2 Å². The van der Waals surface area contributed by atoms with E-state index < -0.39 is 0 Å². The summed E-state index contributed by atoms with van der Waals surface area (Å²) in [4.78, 5) is 0. The lowest BCUT2D eigenvalue weighted by atomic mass is 9.50. The van der Waals surface area contributed by atoms with Crippen molar-refractivity contribution in [3.8, 4) is 0 Å². The molecule has 4 rings (SSSR count). The lowest BCUT2D eigenvalue weighted by Crippen LogP contribution is -2.49. The third kappa shape index (κ3) is 2.53. The minimum Gasteiger partial charge on any atom is -0.0843 e. The molecular formula is C24H42. The number of allylic oxidation sites excluding steroid dienone is 2. The fraction of sp³-hybridized carbons (Fsp3) is 0.917. The second-order valence-corrected chi connectivity index (χ2v) is 10.6. The number of rotatable bonds is 0. The van der Waals surface area contributed by atoms with Gasteiger partial charge in [0, 0.05) is 0 Å². The third-order valence-corrected chi connectivity index (χ3v) is 8.89. The Morgan fingerprint density at radius 1 is 0.750 bits per heavy atom. The summed E-state index contributed by atoms with van der Waals surface area (Å²) in [5.41, 5.74) is 0.530. The second kappa shape index (κ2) is 6.48. The molecule has 3 fully saturated rings. The van der Waals surface area contributed by atoms with E-state index in [1.165, 1.54) is 19.3 Å². The van der Waals surface area contributed by atoms with Gasteiger partial charge in [0.1, 0.15) is 0 Å². The molecule has 138 valence electrons. The maximum atomic E-state index is 2.62. The summed E-state index contributed by atoms with van der Waals surface area (Å²) in [6.45, 7) is 19.6. The predicted molar refractivity (Wildman–Crippen MR) is 106 cm³/mol. The van der Waals surface area contributed by atoms with Gasteiger partial charge in [-0.1, -0.05) is 74.0 Å². The highest BCUT2D eigenvalue weighted by molar-refractivity contribution is 5.24. The van der Waals surface area contributed by atoms with Crippen molar-refractivity contribution in [1.29, 1.82) is 0 Å². The Balaban J connectivity index is 0.000000526. The molecule has 10 unspecified atom stereocenters. The number of hydrogen-bond acceptors (Lipinski definition) is 0. The van der Waals surface area contributed by atoms with Crippen LogP contribution in [0.25, 0.3) is 0 Å². The predicted octanol–water partition coefficient (Wildman–Crippen LogP) is 7.06. The SMILES string of the molecule is CC1CC2C(C)C3C(C(C)C2CC1C)C1C=CC3C1(C)C.CCC. The Morgan fingerprint density at radius 3 is 1.42 bits per heavy atom. The fourth-order valence-corrected chi connectivity index (χ4v) is 7.49. The summed E-state index contributed by atoms with van der Waals surface area (Å²) in [6.07, 6.45) is 9.46. The molecule has 4 aliphatic carbocycles. The Kier molecular flexibility index (Phi) is 5.00. The molecule has 3 saturated carbocycles. The molecule has 24 heavy (non-hydrogen) atoms. The van der Waals surface area contributed by atoms with Gasteiger partial charge in [-0.05, 0) is 77.4 Å². The first kappa shape index (κ1) is 18.5. The molecule has 0 nitrogen and oxygen atoms in total. The van der Waals surface area contributed by atoms with E-state index in [9.17, 15) is 0 Å². The van der Waals surface area contributed by atoms with Crippen LogP contribution < -0.4 is 0 Å². The van der Waals surface area contributed by atoms with Crippen LogP contribution in [0, 0.1) is 64.6 Å². The van der Waals surface area contributed by atoms with Crippen LogP contribution in [0.5, 0.6) is 0 Å². The van der Waals surface area contributed by atoms with Gasteiger partial charge in [-0.15, -0.1) is 0 Å². The highest BCUT2D eigenvalue weighted by atomic mass is 14.7. The number of fused-ring (bicyclic) bond motifs is 6. The highest BCUT2D eigenvalue weighted by Crippen LogP contribution is 2.69. The zero-order chi connectivity index (χ0) is 17.8. The molecule has 0 saturated heterocycles. The smallest absolute Gasteiger partial charge is 0.0142 e. The Labute approximate surface area is 151 Å². The van der Waals surface area contributed by atoms with Crippen molar-refractivity contribution < 1.29 is 0 Å². The summed E-state index contributed by atoms with van der Waals surface area (Å²) in [7, 11) is 0. The molecule has 0 aromatic rings. The van der Waals surface area contributed by atoms with Crippen LogP contribution in [-0.4, -0.2) is 0 Å². The van der Waals surface area contributed by atoms with E-state index in [2.05, 4.69) is 67.5 Å². The molecule has 4 aliphatic rings. The number of hydrogen-bond donors (Lipinski definition) is 0. The standard InChI is InChI=1S/C21H34.C3H8/c1-11-9-15-13(3)19-17-7-8-18(21(17,5)6)20(19)14(4)16(15)10-12(11)2;1-3-2/h7-8,11-20H,9-10H2,1-6H3;3H2,1-2H3. The summed E-state index contributed by atoms with van der Waals surface area (Å²) in [6, 6.07) is 0. The van der Waals surface area contributed by atoms with Crippen molar-refractivity contribution >= 4 is 0 Å². The Bertz CT molecular complexity index is 432. The van der Waals surface area contributed by atoms with Gasteiger partial charge in [-0.2, -0.15) is 0 Å². The average molecular weight is 331 g/mol. The van der Waals surface area contributed by atoms with Gasteiger partial charge >= 0.3 is 0 Å². The molecule has 0 aromatic carbocycles. The second-order valence-electron chi connectivity index (χ2n) is 10.6. The van der Waals surface area contributed by atoms with Gasteiger partial charge in [0.2, 0.25) is 0 Å². The molecule has 0 heterocycles. The van der Waals surface area contributed by atoms with Crippen LogP contribution >= 0.6 is 0 Å². The van der Waals surface area contributed by atoms with E-state index in [0.29, 0.717) is 5.41 Å². The summed E-state index contributed by atoms with van der Waals surface area (Å²) in [5, 5.41) is 0. The normalized spacial score (nSPS) is 53.8. The topological polar surface area (TPSA) is 0 Å². The fourth-order valence-electron chi connectivity index (χ4n) is 7.49. The van der Waals surface area contributed by atoms with Crippen molar-refractivity contribution in [3.05, 3.63) is 12.2 Å². The molecule has 10 atom stereocenters. The van der Waals surface area contributed by atoms with Crippen LogP contribution in [0.3, 0.4) is 0 Å². The van der Waals surface area contributed by atoms with Crippen LogP contribution in [0.2, 0.25) is 0 Å². The average Bonchev–Trinajstić information content (AvgIpc) is 2.94. The molecule has 0 aromatic heterocycles. The molecule has 2 bridgehead atoms. The van der Waals surface area contributed by atoms with Gasteiger partial charge in [0.25, 0.3) is 0 Å². The molecular weight excluding hydrogens is 288 g/mol. The minimum atomic E-state index is 0.530.